The van der Waals surface area contributed by atoms with Crippen LogP contribution >= 0.6 is 22.7 Å². The second kappa shape index (κ2) is 9.23. The van der Waals surface area contributed by atoms with E-state index in [1.165, 1.54) is 27.0 Å². The molecule has 0 spiro atoms. The van der Waals surface area contributed by atoms with Gasteiger partial charge in [-0.05, 0) is 56.3 Å². The third-order valence-electron chi connectivity index (χ3n) is 5.31. The summed E-state index contributed by atoms with van der Waals surface area (Å²) in [4.78, 5) is 18.1. The van der Waals surface area contributed by atoms with E-state index in [2.05, 4.69) is 4.99 Å². The van der Waals surface area contributed by atoms with Gasteiger partial charge in [0.15, 0.2) is 4.80 Å². The first-order chi connectivity index (χ1) is 14.9. The lowest BCUT2D eigenvalue weighted by Gasteiger charge is -2.29. The third kappa shape index (κ3) is 4.48. The first-order valence-corrected chi connectivity index (χ1v) is 13.5. The lowest BCUT2D eigenvalue weighted by Crippen LogP contribution is -2.42. The van der Waals surface area contributed by atoms with Crippen LogP contribution in [0.25, 0.3) is 10.2 Å². The Bertz CT molecular complexity index is 1240. The number of carbonyl (C=O) groups excluding carboxylic acids is 1. The molecule has 31 heavy (non-hydrogen) atoms. The van der Waals surface area contributed by atoms with Crippen molar-refractivity contribution in [3.8, 4) is 5.75 Å². The van der Waals surface area contributed by atoms with Gasteiger partial charge < -0.3 is 9.30 Å². The molecule has 3 heterocycles. The van der Waals surface area contributed by atoms with Gasteiger partial charge >= 0.3 is 0 Å². The van der Waals surface area contributed by atoms with Gasteiger partial charge in [0, 0.05) is 19.6 Å². The summed E-state index contributed by atoms with van der Waals surface area (Å²) in [6.45, 7) is 5.84. The number of thiophene rings is 1. The topological polar surface area (TPSA) is 81.0 Å². The second-order valence-electron chi connectivity index (χ2n) is 7.28. The lowest BCUT2D eigenvalue weighted by molar-refractivity contribution is -0.122. The second-order valence-corrected chi connectivity index (χ2v) is 11.4. The van der Waals surface area contributed by atoms with Crippen molar-refractivity contribution >= 4 is 48.8 Å². The number of hydrogen-bond acceptors (Lipinski definition) is 6. The van der Waals surface area contributed by atoms with Crippen LogP contribution < -0.4 is 9.54 Å². The monoisotopic (exact) mass is 479 g/mol. The Kier molecular flexibility index (Phi) is 6.61. The van der Waals surface area contributed by atoms with Gasteiger partial charge in [-0.1, -0.05) is 17.4 Å². The molecule has 0 N–H and O–H groups in total. The quantitative estimate of drug-likeness (QED) is 0.540. The highest BCUT2D eigenvalue weighted by molar-refractivity contribution is 7.91. The van der Waals surface area contributed by atoms with Crippen LogP contribution in [0.2, 0.25) is 0 Å². The zero-order valence-corrected chi connectivity index (χ0v) is 19.9. The third-order valence-corrected chi connectivity index (χ3v) is 9.59. The molecule has 1 atom stereocenters. The molecule has 1 fully saturated rings. The molecule has 0 aliphatic carbocycles. The van der Waals surface area contributed by atoms with Gasteiger partial charge in [-0.3, -0.25) is 4.79 Å². The van der Waals surface area contributed by atoms with E-state index >= 15 is 0 Å². The number of rotatable bonds is 6. The van der Waals surface area contributed by atoms with E-state index in [4.69, 9.17) is 4.74 Å². The maximum atomic E-state index is 13.0. The number of fused-ring (bicyclic) bond motifs is 1. The van der Waals surface area contributed by atoms with E-state index < -0.39 is 15.9 Å². The number of thiazole rings is 1. The van der Waals surface area contributed by atoms with E-state index in [1.54, 1.807) is 17.5 Å². The Hall–Kier alpha value is -2.01. The van der Waals surface area contributed by atoms with Crippen LogP contribution in [0.4, 0.5) is 0 Å². The number of aromatic nitrogens is 1. The molecule has 0 radical (unpaired) electrons. The number of sulfonamides is 1. The van der Waals surface area contributed by atoms with Crippen molar-refractivity contribution in [2.24, 2.45) is 10.9 Å². The summed E-state index contributed by atoms with van der Waals surface area (Å²) in [5.41, 5.74) is 1.01. The fourth-order valence-corrected chi connectivity index (χ4v) is 7.58. The van der Waals surface area contributed by atoms with Crippen LogP contribution in [0.1, 0.15) is 26.7 Å². The molecule has 0 saturated carbocycles. The normalized spacial score (nSPS) is 18.5. The van der Waals surface area contributed by atoms with Crippen LogP contribution in [0.15, 0.2) is 44.9 Å². The van der Waals surface area contributed by atoms with Crippen LogP contribution in [0, 0.1) is 5.92 Å². The Balaban J connectivity index is 1.61. The fraction of sp³-hybridized carbons (Fsp3) is 0.429. The van der Waals surface area contributed by atoms with Crippen LogP contribution in [-0.2, 0) is 21.4 Å². The Morgan fingerprint density at radius 1 is 1.29 bits per heavy atom. The van der Waals surface area contributed by atoms with Gasteiger partial charge in [-0.2, -0.15) is 9.30 Å². The SMILES string of the molecule is CCOc1ccc2c(c1)sc(=NC(=O)C1CCCN(S(=O)(=O)c3cccs3)C1)n2CC. The Labute approximate surface area is 189 Å². The van der Waals surface area contributed by atoms with E-state index in [9.17, 15) is 13.2 Å². The average Bonchev–Trinajstić information content (AvgIpc) is 3.42. The summed E-state index contributed by atoms with van der Waals surface area (Å²) >= 11 is 2.65. The molecule has 1 aromatic carbocycles. The number of amides is 1. The van der Waals surface area contributed by atoms with Gasteiger partial charge in [0.1, 0.15) is 9.96 Å². The van der Waals surface area contributed by atoms with Gasteiger partial charge in [0.05, 0.1) is 22.7 Å². The highest BCUT2D eigenvalue weighted by atomic mass is 32.2. The molecule has 2 aromatic heterocycles. The average molecular weight is 480 g/mol. The highest BCUT2D eigenvalue weighted by Crippen LogP contribution is 2.27. The number of ether oxygens (including phenoxy) is 1. The molecule has 3 aromatic rings. The summed E-state index contributed by atoms with van der Waals surface area (Å²) in [5, 5.41) is 1.75. The van der Waals surface area contributed by atoms with Crippen molar-refractivity contribution in [2.75, 3.05) is 19.7 Å². The Morgan fingerprint density at radius 3 is 2.84 bits per heavy atom. The number of nitrogens with zero attached hydrogens (tertiary/aromatic N) is 3. The summed E-state index contributed by atoms with van der Waals surface area (Å²) in [5.74, 6) is 0.0990. The molecule has 10 heteroatoms. The first-order valence-electron chi connectivity index (χ1n) is 10.3. The lowest BCUT2D eigenvalue weighted by atomic mass is 9.99. The number of piperidine rings is 1. The van der Waals surface area contributed by atoms with Crippen LogP contribution in [0.3, 0.4) is 0 Å². The van der Waals surface area contributed by atoms with Crippen LogP contribution in [0.5, 0.6) is 5.75 Å². The molecule has 0 bridgehead atoms. The Morgan fingerprint density at radius 2 is 2.13 bits per heavy atom. The largest absolute Gasteiger partial charge is 0.494 e. The molecule has 1 aliphatic rings. The predicted octanol–water partition coefficient (Wildman–Crippen LogP) is 3.71. The van der Waals surface area contributed by atoms with Crippen molar-refractivity contribution in [1.29, 1.82) is 0 Å². The van der Waals surface area contributed by atoms with Crippen molar-refractivity contribution in [2.45, 2.75) is 37.4 Å². The number of hydrogen-bond donors (Lipinski definition) is 0. The molecular formula is C21H25N3O4S3. The van der Waals surface area contributed by atoms with Crippen molar-refractivity contribution in [3.63, 3.8) is 0 Å². The van der Waals surface area contributed by atoms with Gasteiger partial charge in [0.2, 0.25) is 0 Å². The number of benzene rings is 1. The minimum atomic E-state index is -3.56. The van der Waals surface area contributed by atoms with Crippen LogP contribution in [-0.4, -0.2) is 42.9 Å². The fourth-order valence-electron chi connectivity index (χ4n) is 3.79. The smallest absolute Gasteiger partial charge is 0.252 e. The molecule has 1 amide bonds. The van der Waals surface area contributed by atoms with Gasteiger partial charge in [0.25, 0.3) is 15.9 Å². The molecule has 1 unspecified atom stereocenters. The summed E-state index contributed by atoms with van der Waals surface area (Å²) in [6.07, 6.45) is 1.29. The highest BCUT2D eigenvalue weighted by Gasteiger charge is 2.33. The summed E-state index contributed by atoms with van der Waals surface area (Å²) in [7, 11) is -3.56. The zero-order valence-electron chi connectivity index (χ0n) is 17.5. The molecule has 1 saturated heterocycles. The molecular weight excluding hydrogens is 454 g/mol. The molecule has 166 valence electrons. The van der Waals surface area contributed by atoms with E-state index in [-0.39, 0.29) is 12.5 Å². The van der Waals surface area contributed by atoms with E-state index in [0.29, 0.717) is 41.5 Å². The van der Waals surface area contributed by atoms with Crippen molar-refractivity contribution < 1.29 is 17.9 Å². The first kappa shape index (κ1) is 22.2. The van der Waals surface area contributed by atoms with E-state index in [1.807, 2.05) is 36.6 Å². The summed E-state index contributed by atoms with van der Waals surface area (Å²) < 4.78 is 36.1. The predicted molar refractivity (Wildman–Crippen MR) is 123 cm³/mol. The van der Waals surface area contributed by atoms with E-state index in [0.717, 1.165) is 16.0 Å². The maximum absolute atomic E-state index is 13.0. The van der Waals surface area contributed by atoms with Crippen molar-refractivity contribution in [1.82, 2.24) is 8.87 Å². The van der Waals surface area contributed by atoms with Gasteiger partial charge in [-0.25, -0.2) is 8.42 Å². The minimum absolute atomic E-state index is 0.175. The number of carbonyl (C=O) groups is 1. The minimum Gasteiger partial charge on any atom is -0.494 e. The van der Waals surface area contributed by atoms with Gasteiger partial charge in [-0.15, -0.1) is 11.3 Å². The molecule has 4 rings (SSSR count). The molecule has 1 aliphatic heterocycles. The van der Waals surface area contributed by atoms with Crippen molar-refractivity contribution in [3.05, 3.63) is 40.5 Å². The summed E-state index contributed by atoms with van der Waals surface area (Å²) in [6, 6.07) is 9.20. The standard InChI is InChI=1S/C21H25N3O4S3/c1-3-24-17-10-9-16(28-4-2)13-18(17)30-21(24)22-20(25)15-7-5-11-23(14-15)31(26,27)19-8-6-12-29-19/h6,8-10,12-13,15H,3-5,7,11,14H2,1-2H3. The maximum Gasteiger partial charge on any atom is 0.252 e. The molecule has 7 nitrogen and oxygen atoms in total. The number of aryl methyl sites for hydroxylation is 1. The zero-order chi connectivity index (χ0) is 22.0.